The van der Waals surface area contributed by atoms with Gasteiger partial charge >= 0.3 is 5.97 Å². The van der Waals surface area contributed by atoms with Crippen LogP contribution < -0.4 is 4.90 Å². The van der Waals surface area contributed by atoms with E-state index in [-0.39, 0.29) is 6.42 Å². The lowest BCUT2D eigenvalue weighted by Gasteiger charge is -2.16. The average Bonchev–Trinajstić information content (AvgIpc) is 2.28. The van der Waals surface area contributed by atoms with E-state index in [1.165, 1.54) is 0 Å². The van der Waals surface area contributed by atoms with Crippen LogP contribution in [0.15, 0.2) is 12.4 Å². The van der Waals surface area contributed by atoms with Crippen molar-refractivity contribution in [3.05, 3.63) is 18.0 Å². The Hall–Kier alpha value is -1.65. The molecule has 0 unspecified atom stereocenters. The molecule has 0 saturated heterocycles. The number of aromatic nitrogens is 2. The third-order valence-corrected chi connectivity index (χ3v) is 2.56. The Morgan fingerprint density at radius 3 is 2.50 bits per heavy atom. The van der Waals surface area contributed by atoms with Crippen LogP contribution in [0.4, 0.5) is 5.95 Å². The molecular weight excluding hydrogens is 230 g/mol. The Morgan fingerprint density at radius 2 is 2.00 bits per heavy atom. The van der Waals surface area contributed by atoms with Crippen molar-refractivity contribution < 1.29 is 9.90 Å². The fourth-order valence-electron chi connectivity index (χ4n) is 1.69. The molecule has 0 amide bonds. The van der Waals surface area contributed by atoms with Gasteiger partial charge in [0, 0.05) is 32.4 Å². The number of carbonyl (C=O) groups is 1. The molecule has 0 aromatic carbocycles. The summed E-state index contributed by atoms with van der Waals surface area (Å²) < 4.78 is 0. The molecule has 1 heterocycles. The highest BCUT2D eigenvalue weighted by atomic mass is 16.4. The maximum Gasteiger partial charge on any atom is 0.303 e. The molecule has 0 spiro atoms. The number of hydrogen-bond acceptors (Lipinski definition) is 4. The average molecular weight is 251 g/mol. The van der Waals surface area contributed by atoms with Gasteiger partial charge in [-0.1, -0.05) is 13.8 Å². The minimum atomic E-state index is -0.767. The van der Waals surface area contributed by atoms with Gasteiger partial charge in [-0.05, 0) is 24.3 Å². The van der Waals surface area contributed by atoms with E-state index in [0.29, 0.717) is 24.8 Å². The fraction of sp³-hybridized carbons (Fsp3) is 0.615. The quantitative estimate of drug-likeness (QED) is 0.802. The first-order valence-corrected chi connectivity index (χ1v) is 6.23. The van der Waals surface area contributed by atoms with Gasteiger partial charge in [0.05, 0.1) is 0 Å². The third kappa shape index (κ3) is 5.12. The summed E-state index contributed by atoms with van der Waals surface area (Å²) in [6.45, 7) is 4.97. The molecular formula is C13H21N3O2. The summed E-state index contributed by atoms with van der Waals surface area (Å²) in [5.74, 6) is 0.470. The van der Waals surface area contributed by atoms with Crippen LogP contribution in [0.5, 0.6) is 0 Å². The second-order valence-corrected chi connectivity index (χ2v) is 4.91. The maximum atomic E-state index is 10.4. The summed E-state index contributed by atoms with van der Waals surface area (Å²) in [5, 5.41) is 8.57. The number of hydrogen-bond donors (Lipinski definition) is 1. The minimum absolute atomic E-state index is 0.176. The van der Waals surface area contributed by atoms with Crippen molar-refractivity contribution in [1.29, 1.82) is 0 Å². The monoisotopic (exact) mass is 251 g/mol. The van der Waals surface area contributed by atoms with Crippen molar-refractivity contribution in [3.63, 3.8) is 0 Å². The Labute approximate surface area is 108 Å². The van der Waals surface area contributed by atoms with Crippen molar-refractivity contribution in [3.8, 4) is 0 Å². The maximum absolute atomic E-state index is 10.4. The molecule has 1 aromatic heterocycles. The Balaban J connectivity index is 2.48. The normalized spacial score (nSPS) is 10.7. The smallest absolute Gasteiger partial charge is 0.303 e. The van der Waals surface area contributed by atoms with Gasteiger partial charge in [-0.15, -0.1) is 0 Å². The predicted molar refractivity (Wildman–Crippen MR) is 70.7 cm³/mol. The Bertz CT molecular complexity index is 376. The van der Waals surface area contributed by atoms with E-state index >= 15 is 0 Å². The van der Waals surface area contributed by atoms with Crippen LogP contribution in [0.1, 0.15) is 32.3 Å². The highest BCUT2D eigenvalue weighted by molar-refractivity contribution is 5.66. The topological polar surface area (TPSA) is 66.3 Å². The van der Waals surface area contributed by atoms with E-state index < -0.39 is 5.97 Å². The summed E-state index contributed by atoms with van der Waals surface area (Å²) >= 11 is 0. The molecule has 0 radical (unpaired) electrons. The van der Waals surface area contributed by atoms with Crippen LogP contribution in [0.25, 0.3) is 0 Å². The van der Waals surface area contributed by atoms with Crippen molar-refractivity contribution in [2.24, 2.45) is 5.92 Å². The standard InChI is InChI=1S/C13H21N3O2/c1-10(2)7-11-8-14-13(15-9-11)16(3)6-4-5-12(17)18/h8-10H,4-7H2,1-3H3,(H,17,18). The van der Waals surface area contributed by atoms with Gasteiger partial charge in [0.2, 0.25) is 5.95 Å². The molecule has 0 aliphatic rings. The summed E-state index contributed by atoms with van der Waals surface area (Å²) in [7, 11) is 1.87. The lowest BCUT2D eigenvalue weighted by molar-refractivity contribution is -0.137. The van der Waals surface area contributed by atoms with Gasteiger partial charge in [0.25, 0.3) is 0 Å². The lowest BCUT2D eigenvalue weighted by atomic mass is 10.1. The first-order valence-electron chi connectivity index (χ1n) is 6.23. The van der Waals surface area contributed by atoms with E-state index in [9.17, 15) is 4.79 Å². The van der Waals surface area contributed by atoms with Crippen LogP contribution in [-0.2, 0) is 11.2 Å². The minimum Gasteiger partial charge on any atom is -0.481 e. The van der Waals surface area contributed by atoms with Crippen LogP contribution in [0.3, 0.4) is 0 Å². The molecule has 0 aliphatic heterocycles. The molecule has 0 fully saturated rings. The number of carboxylic acid groups (broad SMARTS) is 1. The molecule has 0 atom stereocenters. The molecule has 100 valence electrons. The van der Waals surface area contributed by atoms with Gasteiger partial charge < -0.3 is 10.0 Å². The summed E-state index contributed by atoms with van der Waals surface area (Å²) in [5.41, 5.74) is 1.13. The first kappa shape index (κ1) is 14.4. The molecule has 18 heavy (non-hydrogen) atoms. The van der Waals surface area contributed by atoms with Crippen LogP contribution in [0, 0.1) is 5.92 Å². The SMILES string of the molecule is CC(C)Cc1cnc(N(C)CCCC(=O)O)nc1. The highest BCUT2D eigenvalue weighted by Gasteiger charge is 2.06. The van der Waals surface area contributed by atoms with Crippen LogP contribution in [-0.4, -0.2) is 34.6 Å². The highest BCUT2D eigenvalue weighted by Crippen LogP contribution is 2.09. The van der Waals surface area contributed by atoms with Gasteiger partial charge in [0.1, 0.15) is 0 Å². The molecule has 0 aliphatic carbocycles. The molecule has 5 heteroatoms. The molecule has 1 N–H and O–H groups in total. The van der Waals surface area contributed by atoms with E-state index in [2.05, 4.69) is 23.8 Å². The Kier molecular flexibility index (Phi) is 5.55. The summed E-state index contributed by atoms with van der Waals surface area (Å²) in [6.07, 6.45) is 5.44. The zero-order chi connectivity index (χ0) is 13.5. The van der Waals surface area contributed by atoms with Gasteiger partial charge in [-0.3, -0.25) is 4.79 Å². The fourth-order valence-corrected chi connectivity index (χ4v) is 1.69. The number of carboxylic acids is 1. The van der Waals surface area contributed by atoms with E-state index in [1.54, 1.807) is 0 Å². The molecule has 1 aromatic rings. The van der Waals surface area contributed by atoms with Crippen molar-refractivity contribution in [1.82, 2.24) is 9.97 Å². The Morgan fingerprint density at radius 1 is 1.39 bits per heavy atom. The number of rotatable bonds is 7. The lowest BCUT2D eigenvalue weighted by Crippen LogP contribution is -2.21. The number of aliphatic carboxylic acids is 1. The van der Waals surface area contributed by atoms with Crippen molar-refractivity contribution in [2.45, 2.75) is 33.1 Å². The number of nitrogens with zero attached hydrogens (tertiary/aromatic N) is 3. The van der Waals surface area contributed by atoms with Gasteiger partial charge in [-0.2, -0.15) is 0 Å². The van der Waals surface area contributed by atoms with Crippen molar-refractivity contribution in [2.75, 3.05) is 18.5 Å². The van der Waals surface area contributed by atoms with E-state index in [0.717, 1.165) is 12.0 Å². The number of anilines is 1. The summed E-state index contributed by atoms with van der Waals surface area (Å²) in [4.78, 5) is 20.9. The second-order valence-electron chi connectivity index (χ2n) is 4.91. The molecule has 0 saturated carbocycles. The van der Waals surface area contributed by atoms with Gasteiger partial charge in [-0.25, -0.2) is 9.97 Å². The van der Waals surface area contributed by atoms with Gasteiger partial charge in [0.15, 0.2) is 0 Å². The third-order valence-electron chi connectivity index (χ3n) is 2.56. The van der Waals surface area contributed by atoms with Crippen molar-refractivity contribution >= 4 is 11.9 Å². The molecule has 0 bridgehead atoms. The zero-order valence-corrected chi connectivity index (χ0v) is 11.3. The van der Waals surface area contributed by atoms with E-state index in [1.807, 2.05) is 24.3 Å². The van der Waals surface area contributed by atoms with Crippen LogP contribution in [0.2, 0.25) is 0 Å². The largest absolute Gasteiger partial charge is 0.481 e. The zero-order valence-electron chi connectivity index (χ0n) is 11.3. The molecule has 5 nitrogen and oxygen atoms in total. The van der Waals surface area contributed by atoms with E-state index in [4.69, 9.17) is 5.11 Å². The molecule has 1 rings (SSSR count). The summed E-state index contributed by atoms with van der Waals surface area (Å²) in [6, 6.07) is 0. The second kappa shape index (κ2) is 6.93. The van der Waals surface area contributed by atoms with Crippen LogP contribution >= 0.6 is 0 Å². The predicted octanol–water partition coefficient (Wildman–Crippen LogP) is 1.98. The first-order chi connectivity index (χ1) is 8.49.